The van der Waals surface area contributed by atoms with Gasteiger partial charge in [0.2, 0.25) is 0 Å². The fourth-order valence-corrected chi connectivity index (χ4v) is 2.49. The van der Waals surface area contributed by atoms with Gasteiger partial charge >= 0.3 is 0 Å². The lowest BCUT2D eigenvalue weighted by Gasteiger charge is -2.09. The molecule has 1 aromatic rings. The Morgan fingerprint density at radius 2 is 2.08 bits per heavy atom. The van der Waals surface area contributed by atoms with Gasteiger partial charge in [0.15, 0.2) is 0 Å². The molecule has 2 rings (SSSR count). The van der Waals surface area contributed by atoms with Crippen LogP contribution in [0.3, 0.4) is 0 Å². The van der Waals surface area contributed by atoms with Crippen molar-refractivity contribution in [2.75, 3.05) is 0 Å². The Morgan fingerprint density at radius 1 is 1.31 bits per heavy atom. The Kier molecular flexibility index (Phi) is 2.49. The zero-order valence-electron chi connectivity index (χ0n) is 7.29. The molecule has 0 heterocycles. The predicted molar refractivity (Wildman–Crippen MR) is 55.7 cm³/mol. The minimum atomic E-state index is 0.403. The number of benzene rings is 1. The van der Waals surface area contributed by atoms with Crippen molar-refractivity contribution >= 4 is 21.7 Å². The second kappa shape index (κ2) is 3.62. The SMILES string of the molecule is O=C1CCC(c2ccccc2Br)C1. The lowest BCUT2D eigenvalue weighted by atomic mass is 9.98. The van der Waals surface area contributed by atoms with Gasteiger partial charge < -0.3 is 0 Å². The first kappa shape index (κ1) is 8.95. The van der Waals surface area contributed by atoms with E-state index in [2.05, 4.69) is 22.0 Å². The van der Waals surface area contributed by atoms with Crippen LogP contribution in [0, 0.1) is 0 Å². The zero-order valence-corrected chi connectivity index (χ0v) is 8.88. The summed E-state index contributed by atoms with van der Waals surface area (Å²) in [5.74, 6) is 0.851. The summed E-state index contributed by atoms with van der Waals surface area (Å²) >= 11 is 3.51. The highest BCUT2D eigenvalue weighted by Gasteiger charge is 2.24. The van der Waals surface area contributed by atoms with Gasteiger partial charge in [-0.1, -0.05) is 34.1 Å². The third-order valence-corrected chi connectivity index (χ3v) is 3.31. The molecular formula is C11H11BrO. The molecule has 0 aliphatic heterocycles. The highest BCUT2D eigenvalue weighted by Crippen LogP contribution is 2.35. The lowest BCUT2D eigenvalue weighted by molar-refractivity contribution is -0.117. The Balaban J connectivity index is 2.26. The van der Waals surface area contributed by atoms with Gasteiger partial charge in [0, 0.05) is 17.3 Å². The van der Waals surface area contributed by atoms with E-state index in [9.17, 15) is 4.79 Å². The summed E-state index contributed by atoms with van der Waals surface area (Å²) in [6, 6.07) is 8.18. The molecule has 2 heteroatoms. The van der Waals surface area contributed by atoms with Gasteiger partial charge in [-0.05, 0) is 24.0 Å². The quantitative estimate of drug-likeness (QED) is 0.734. The van der Waals surface area contributed by atoms with E-state index in [1.807, 2.05) is 18.2 Å². The van der Waals surface area contributed by atoms with Crippen LogP contribution in [-0.4, -0.2) is 5.78 Å². The minimum Gasteiger partial charge on any atom is -0.300 e. The third kappa shape index (κ3) is 1.83. The van der Waals surface area contributed by atoms with E-state index in [0.29, 0.717) is 11.7 Å². The lowest BCUT2D eigenvalue weighted by Crippen LogP contribution is -1.94. The number of ketones is 1. The van der Waals surface area contributed by atoms with Crippen molar-refractivity contribution in [1.29, 1.82) is 0 Å². The molecule has 0 saturated heterocycles. The van der Waals surface area contributed by atoms with E-state index in [4.69, 9.17) is 0 Å². The van der Waals surface area contributed by atoms with Crippen LogP contribution >= 0.6 is 15.9 Å². The average Bonchev–Trinajstić information content (AvgIpc) is 2.53. The fraction of sp³-hybridized carbons (Fsp3) is 0.364. The number of hydrogen-bond acceptors (Lipinski definition) is 1. The highest BCUT2D eigenvalue weighted by atomic mass is 79.9. The van der Waals surface area contributed by atoms with Crippen molar-refractivity contribution in [3.63, 3.8) is 0 Å². The third-order valence-electron chi connectivity index (χ3n) is 2.59. The molecule has 1 aromatic carbocycles. The van der Waals surface area contributed by atoms with Crippen molar-refractivity contribution in [2.45, 2.75) is 25.2 Å². The predicted octanol–water partition coefficient (Wildman–Crippen LogP) is 3.29. The van der Waals surface area contributed by atoms with Gasteiger partial charge in [0.1, 0.15) is 5.78 Å². The van der Waals surface area contributed by atoms with Crippen molar-refractivity contribution in [3.05, 3.63) is 34.3 Å². The number of halogens is 1. The number of rotatable bonds is 1. The minimum absolute atomic E-state index is 0.403. The summed E-state index contributed by atoms with van der Waals surface area (Å²) in [4.78, 5) is 11.1. The van der Waals surface area contributed by atoms with Crippen LogP contribution in [0.4, 0.5) is 0 Å². The van der Waals surface area contributed by atoms with Crippen LogP contribution in [0.15, 0.2) is 28.7 Å². The van der Waals surface area contributed by atoms with Crippen molar-refractivity contribution in [2.24, 2.45) is 0 Å². The Labute approximate surface area is 86.3 Å². The molecule has 0 spiro atoms. The molecule has 1 saturated carbocycles. The maximum atomic E-state index is 11.1. The molecule has 1 atom stereocenters. The van der Waals surface area contributed by atoms with Gasteiger partial charge in [-0.15, -0.1) is 0 Å². The molecule has 0 radical (unpaired) electrons. The zero-order chi connectivity index (χ0) is 9.26. The van der Waals surface area contributed by atoms with E-state index < -0.39 is 0 Å². The topological polar surface area (TPSA) is 17.1 Å². The van der Waals surface area contributed by atoms with E-state index in [0.717, 1.165) is 23.7 Å². The normalized spacial score (nSPS) is 22.2. The van der Waals surface area contributed by atoms with Gasteiger partial charge in [-0.2, -0.15) is 0 Å². The van der Waals surface area contributed by atoms with Crippen LogP contribution in [0.25, 0.3) is 0 Å². The molecule has 1 fully saturated rings. The van der Waals surface area contributed by atoms with Crippen LogP contribution in [0.1, 0.15) is 30.7 Å². The summed E-state index contributed by atoms with van der Waals surface area (Å²) in [5.41, 5.74) is 1.29. The number of carbonyl (C=O) groups excluding carboxylic acids is 1. The molecule has 0 amide bonds. The fourth-order valence-electron chi connectivity index (χ4n) is 1.89. The summed E-state index contributed by atoms with van der Waals surface area (Å²) in [6.07, 6.45) is 2.50. The van der Waals surface area contributed by atoms with E-state index in [1.165, 1.54) is 5.56 Å². The van der Waals surface area contributed by atoms with E-state index in [1.54, 1.807) is 0 Å². The molecule has 0 aromatic heterocycles. The van der Waals surface area contributed by atoms with E-state index >= 15 is 0 Å². The molecule has 68 valence electrons. The second-order valence-electron chi connectivity index (χ2n) is 3.50. The smallest absolute Gasteiger partial charge is 0.133 e. The largest absolute Gasteiger partial charge is 0.300 e. The highest BCUT2D eigenvalue weighted by molar-refractivity contribution is 9.10. The maximum Gasteiger partial charge on any atom is 0.133 e. The van der Waals surface area contributed by atoms with Crippen molar-refractivity contribution < 1.29 is 4.79 Å². The molecule has 13 heavy (non-hydrogen) atoms. The summed E-state index contributed by atoms with van der Waals surface area (Å²) in [7, 11) is 0. The molecule has 0 N–H and O–H groups in total. The monoisotopic (exact) mass is 238 g/mol. The van der Waals surface area contributed by atoms with Gasteiger partial charge in [-0.25, -0.2) is 0 Å². The molecular weight excluding hydrogens is 228 g/mol. The average molecular weight is 239 g/mol. The molecule has 1 aliphatic rings. The second-order valence-corrected chi connectivity index (χ2v) is 4.35. The first-order valence-corrected chi connectivity index (χ1v) is 5.33. The first-order valence-electron chi connectivity index (χ1n) is 4.53. The summed E-state index contributed by atoms with van der Waals surface area (Å²) in [5, 5.41) is 0. The first-order chi connectivity index (χ1) is 6.27. The van der Waals surface area contributed by atoms with E-state index in [-0.39, 0.29) is 0 Å². The molecule has 0 bridgehead atoms. The van der Waals surface area contributed by atoms with Crippen LogP contribution < -0.4 is 0 Å². The van der Waals surface area contributed by atoms with Gasteiger partial charge in [-0.3, -0.25) is 4.79 Å². The Bertz CT molecular complexity index is 333. The summed E-state index contributed by atoms with van der Waals surface area (Å²) < 4.78 is 1.13. The van der Waals surface area contributed by atoms with Crippen molar-refractivity contribution in [1.82, 2.24) is 0 Å². The van der Waals surface area contributed by atoms with Crippen molar-refractivity contribution in [3.8, 4) is 0 Å². The van der Waals surface area contributed by atoms with Crippen LogP contribution in [0.5, 0.6) is 0 Å². The Morgan fingerprint density at radius 3 is 2.69 bits per heavy atom. The van der Waals surface area contributed by atoms with Gasteiger partial charge in [0.05, 0.1) is 0 Å². The van der Waals surface area contributed by atoms with Crippen LogP contribution in [-0.2, 0) is 4.79 Å². The molecule has 1 nitrogen and oxygen atoms in total. The van der Waals surface area contributed by atoms with Crippen LogP contribution in [0.2, 0.25) is 0 Å². The molecule has 1 aliphatic carbocycles. The summed E-state index contributed by atoms with van der Waals surface area (Å²) in [6.45, 7) is 0. The maximum absolute atomic E-state index is 11.1. The standard InChI is InChI=1S/C11H11BrO/c12-11-4-2-1-3-10(11)8-5-6-9(13)7-8/h1-4,8H,5-7H2. The number of Topliss-reactive ketones (excluding diaryl/α,β-unsaturated/α-hetero) is 1. The number of carbonyl (C=O) groups is 1. The molecule has 1 unspecified atom stereocenters. The van der Waals surface area contributed by atoms with Gasteiger partial charge in [0.25, 0.3) is 0 Å². The number of hydrogen-bond donors (Lipinski definition) is 0. The Hall–Kier alpha value is -0.630.